The maximum Gasteiger partial charge on any atom is 0.251 e. The van der Waals surface area contributed by atoms with Crippen LogP contribution in [0.1, 0.15) is 22.3 Å². The van der Waals surface area contributed by atoms with Crippen molar-refractivity contribution in [2.24, 2.45) is 5.92 Å². The molecule has 1 heterocycles. The molecular formula is C14H19FN2O. The van der Waals surface area contributed by atoms with Crippen LogP contribution in [0.2, 0.25) is 0 Å². The lowest BCUT2D eigenvalue weighted by atomic mass is 10.1. The van der Waals surface area contributed by atoms with Gasteiger partial charge in [0.15, 0.2) is 0 Å². The van der Waals surface area contributed by atoms with Crippen LogP contribution < -0.4 is 5.32 Å². The third-order valence-electron chi connectivity index (χ3n) is 3.47. The second-order valence-electron chi connectivity index (χ2n) is 5.09. The number of likely N-dealkylation sites (tertiary alicyclic amines) is 1. The Morgan fingerprint density at radius 3 is 2.94 bits per heavy atom. The van der Waals surface area contributed by atoms with E-state index in [9.17, 15) is 9.18 Å². The van der Waals surface area contributed by atoms with Crippen LogP contribution in [0.5, 0.6) is 0 Å². The number of benzene rings is 1. The molecule has 3 nitrogen and oxygen atoms in total. The summed E-state index contributed by atoms with van der Waals surface area (Å²) < 4.78 is 13.3. The van der Waals surface area contributed by atoms with Gasteiger partial charge < -0.3 is 10.2 Å². The fourth-order valence-electron chi connectivity index (χ4n) is 2.27. The van der Waals surface area contributed by atoms with Gasteiger partial charge >= 0.3 is 0 Å². The average Bonchev–Trinajstić information content (AvgIpc) is 2.75. The number of hydrogen-bond acceptors (Lipinski definition) is 2. The van der Waals surface area contributed by atoms with Crippen molar-refractivity contribution in [2.75, 3.05) is 26.7 Å². The fourth-order valence-corrected chi connectivity index (χ4v) is 2.27. The van der Waals surface area contributed by atoms with Crippen molar-refractivity contribution in [3.8, 4) is 0 Å². The minimum Gasteiger partial charge on any atom is -0.352 e. The van der Waals surface area contributed by atoms with Crippen LogP contribution in [0, 0.1) is 18.7 Å². The molecule has 1 aromatic rings. The predicted molar refractivity (Wildman–Crippen MR) is 69.1 cm³/mol. The Morgan fingerprint density at radius 1 is 1.56 bits per heavy atom. The molecule has 1 aliphatic heterocycles. The molecule has 2 rings (SSSR count). The lowest BCUT2D eigenvalue weighted by Gasteiger charge is -2.12. The summed E-state index contributed by atoms with van der Waals surface area (Å²) >= 11 is 0. The second kappa shape index (κ2) is 5.48. The van der Waals surface area contributed by atoms with Gasteiger partial charge in [-0.2, -0.15) is 0 Å². The first-order chi connectivity index (χ1) is 8.56. The normalized spacial score (nSPS) is 20.1. The largest absolute Gasteiger partial charge is 0.352 e. The Kier molecular flexibility index (Phi) is 3.97. The highest BCUT2D eigenvalue weighted by atomic mass is 19.1. The Morgan fingerprint density at radius 2 is 2.33 bits per heavy atom. The Labute approximate surface area is 107 Å². The molecule has 18 heavy (non-hydrogen) atoms. The molecule has 0 aliphatic carbocycles. The van der Waals surface area contributed by atoms with Crippen LogP contribution in [0.3, 0.4) is 0 Å². The zero-order valence-corrected chi connectivity index (χ0v) is 10.9. The topological polar surface area (TPSA) is 32.3 Å². The van der Waals surface area contributed by atoms with Crippen LogP contribution in [0.15, 0.2) is 18.2 Å². The van der Waals surface area contributed by atoms with Gasteiger partial charge in [0.05, 0.1) is 0 Å². The van der Waals surface area contributed by atoms with Gasteiger partial charge in [-0.3, -0.25) is 4.79 Å². The number of nitrogens with one attached hydrogen (secondary N) is 1. The van der Waals surface area contributed by atoms with E-state index in [1.54, 1.807) is 19.1 Å². The van der Waals surface area contributed by atoms with Crippen LogP contribution in [0.25, 0.3) is 0 Å². The van der Waals surface area contributed by atoms with Crippen LogP contribution >= 0.6 is 0 Å². The number of amides is 1. The summed E-state index contributed by atoms with van der Waals surface area (Å²) in [5, 5.41) is 2.88. The quantitative estimate of drug-likeness (QED) is 0.887. The number of hydrogen-bond donors (Lipinski definition) is 1. The molecule has 1 amide bonds. The van der Waals surface area contributed by atoms with E-state index in [0.717, 1.165) is 19.5 Å². The summed E-state index contributed by atoms with van der Waals surface area (Å²) in [4.78, 5) is 14.1. The Balaban J connectivity index is 1.89. The minimum atomic E-state index is -0.330. The van der Waals surface area contributed by atoms with Crippen molar-refractivity contribution in [2.45, 2.75) is 13.3 Å². The predicted octanol–water partition coefficient (Wildman–Crippen LogP) is 1.82. The number of nitrogens with zero attached hydrogens (tertiary/aromatic N) is 1. The third kappa shape index (κ3) is 3.07. The number of aryl methyl sites for hydroxylation is 1. The summed E-state index contributed by atoms with van der Waals surface area (Å²) in [5.74, 6) is -0.0130. The van der Waals surface area contributed by atoms with Crippen molar-refractivity contribution in [1.29, 1.82) is 0 Å². The first-order valence-corrected chi connectivity index (χ1v) is 6.29. The molecular weight excluding hydrogens is 231 g/mol. The van der Waals surface area contributed by atoms with Crippen molar-refractivity contribution in [3.63, 3.8) is 0 Å². The van der Waals surface area contributed by atoms with E-state index in [4.69, 9.17) is 0 Å². The molecule has 0 spiro atoms. The highest BCUT2D eigenvalue weighted by molar-refractivity contribution is 5.94. The molecule has 1 N–H and O–H groups in total. The van der Waals surface area contributed by atoms with E-state index in [0.29, 0.717) is 23.6 Å². The van der Waals surface area contributed by atoms with E-state index in [1.165, 1.54) is 6.07 Å². The minimum absolute atomic E-state index is 0.191. The van der Waals surface area contributed by atoms with Gasteiger partial charge in [-0.25, -0.2) is 4.39 Å². The standard InChI is InChI=1S/C14H19FN2O/c1-10-3-4-12(7-13(10)15)14(18)16-8-11-5-6-17(2)9-11/h3-4,7,11H,5-6,8-9H2,1-2H3,(H,16,18)/t11-/m1/s1. The van der Waals surface area contributed by atoms with Gasteiger partial charge in [0.1, 0.15) is 5.82 Å². The summed E-state index contributed by atoms with van der Waals surface area (Å²) in [6.45, 7) is 4.45. The maximum atomic E-state index is 13.3. The second-order valence-corrected chi connectivity index (χ2v) is 5.09. The third-order valence-corrected chi connectivity index (χ3v) is 3.47. The molecule has 0 saturated carbocycles. The van der Waals surface area contributed by atoms with Gasteiger partial charge in [0, 0.05) is 18.7 Å². The van der Waals surface area contributed by atoms with Gasteiger partial charge in [-0.1, -0.05) is 6.07 Å². The summed E-state index contributed by atoms with van der Waals surface area (Å²) in [6, 6.07) is 4.59. The number of carbonyl (C=O) groups is 1. The molecule has 4 heteroatoms. The molecule has 0 bridgehead atoms. The first-order valence-electron chi connectivity index (χ1n) is 6.29. The molecule has 0 radical (unpaired) electrons. The average molecular weight is 250 g/mol. The zero-order valence-electron chi connectivity index (χ0n) is 10.9. The van der Waals surface area contributed by atoms with Crippen molar-refractivity contribution >= 4 is 5.91 Å². The Bertz CT molecular complexity index is 447. The fraction of sp³-hybridized carbons (Fsp3) is 0.500. The first kappa shape index (κ1) is 13.0. The van der Waals surface area contributed by atoms with Gasteiger partial charge in [-0.15, -0.1) is 0 Å². The summed E-state index contributed by atoms with van der Waals surface area (Å²) in [6.07, 6.45) is 1.11. The summed E-state index contributed by atoms with van der Waals surface area (Å²) in [5.41, 5.74) is 0.952. The highest BCUT2D eigenvalue weighted by Gasteiger charge is 2.20. The molecule has 1 fully saturated rings. The molecule has 0 unspecified atom stereocenters. The van der Waals surface area contributed by atoms with E-state index in [-0.39, 0.29) is 11.7 Å². The zero-order chi connectivity index (χ0) is 13.1. The van der Waals surface area contributed by atoms with E-state index < -0.39 is 0 Å². The van der Waals surface area contributed by atoms with Crippen molar-refractivity contribution in [3.05, 3.63) is 35.1 Å². The maximum absolute atomic E-state index is 13.3. The lowest BCUT2D eigenvalue weighted by molar-refractivity contribution is 0.0947. The molecule has 1 aliphatic rings. The Hall–Kier alpha value is -1.42. The lowest BCUT2D eigenvalue weighted by Crippen LogP contribution is -2.30. The molecule has 0 aromatic heterocycles. The van der Waals surface area contributed by atoms with Crippen molar-refractivity contribution in [1.82, 2.24) is 10.2 Å². The van der Waals surface area contributed by atoms with Crippen LogP contribution in [0.4, 0.5) is 4.39 Å². The molecule has 1 aromatic carbocycles. The molecule has 1 atom stereocenters. The SMILES string of the molecule is Cc1ccc(C(=O)NC[C@H]2CCN(C)C2)cc1F. The summed E-state index contributed by atoms with van der Waals surface area (Å²) in [7, 11) is 2.08. The number of rotatable bonds is 3. The van der Waals surface area contributed by atoms with Crippen LogP contribution in [-0.4, -0.2) is 37.5 Å². The molecule has 98 valence electrons. The van der Waals surface area contributed by atoms with E-state index >= 15 is 0 Å². The van der Waals surface area contributed by atoms with Gasteiger partial charge in [0.2, 0.25) is 0 Å². The van der Waals surface area contributed by atoms with Gasteiger partial charge in [-0.05, 0) is 50.6 Å². The van der Waals surface area contributed by atoms with Crippen molar-refractivity contribution < 1.29 is 9.18 Å². The molecule has 1 saturated heterocycles. The van der Waals surface area contributed by atoms with E-state index in [2.05, 4.69) is 17.3 Å². The van der Waals surface area contributed by atoms with Crippen LogP contribution in [-0.2, 0) is 0 Å². The van der Waals surface area contributed by atoms with E-state index in [1.807, 2.05) is 0 Å². The number of carbonyl (C=O) groups excluding carboxylic acids is 1. The number of halogens is 1. The van der Waals surface area contributed by atoms with Gasteiger partial charge in [0.25, 0.3) is 5.91 Å². The monoisotopic (exact) mass is 250 g/mol. The smallest absolute Gasteiger partial charge is 0.251 e. The highest BCUT2D eigenvalue weighted by Crippen LogP contribution is 2.13.